The molecule has 1 aliphatic rings. The van der Waals surface area contributed by atoms with Gasteiger partial charge in [-0.25, -0.2) is 0 Å². The highest BCUT2D eigenvalue weighted by atomic mass is 35.5. The number of likely N-dealkylation sites (tertiary alicyclic amines) is 1. The summed E-state index contributed by atoms with van der Waals surface area (Å²) < 4.78 is 6.03. The van der Waals surface area contributed by atoms with Gasteiger partial charge >= 0.3 is 0 Å². The van der Waals surface area contributed by atoms with Gasteiger partial charge in [-0.3, -0.25) is 4.79 Å². The molecule has 2 atom stereocenters. The van der Waals surface area contributed by atoms with Crippen LogP contribution in [0, 0.1) is 11.3 Å². The van der Waals surface area contributed by atoms with Crippen LogP contribution in [0.5, 0.6) is 11.5 Å². The number of phenolic OH excluding ortho intramolecular Hbond substituents is 2. The van der Waals surface area contributed by atoms with Gasteiger partial charge < -0.3 is 24.6 Å². The summed E-state index contributed by atoms with van der Waals surface area (Å²) >= 11 is 6.29. The summed E-state index contributed by atoms with van der Waals surface area (Å²) in [6, 6.07) is 8.68. The zero-order valence-corrected chi connectivity index (χ0v) is 18.1. The number of benzene rings is 2. The number of hydrogen-bond donors (Lipinski definition) is 3. The van der Waals surface area contributed by atoms with E-state index in [-0.39, 0.29) is 64.2 Å². The van der Waals surface area contributed by atoms with Gasteiger partial charge in [-0.2, -0.15) is 5.26 Å². The summed E-state index contributed by atoms with van der Waals surface area (Å²) in [5.41, 5.74) is 0.717. The first-order valence-electron chi connectivity index (χ1n) is 9.39. The molecule has 3 aromatic rings. The largest absolute Gasteiger partial charge is 0.507 e. The molecule has 162 valence electrons. The van der Waals surface area contributed by atoms with E-state index < -0.39 is 5.43 Å². The average Bonchev–Trinajstić information content (AvgIpc) is 3.07. The van der Waals surface area contributed by atoms with Crippen LogP contribution in [0.3, 0.4) is 0 Å². The molecular formula is C22H20Cl2N2O5. The Balaban J connectivity index is 0.00000272. The van der Waals surface area contributed by atoms with Crippen molar-refractivity contribution in [2.75, 3.05) is 20.2 Å². The van der Waals surface area contributed by atoms with Gasteiger partial charge in [0.2, 0.25) is 0 Å². The Bertz CT molecular complexity index is 1250. The Labute approximate surface area is 189 Å². The van der Waals surface area contributed by atoms with Crippen molar-refractivity contribution < 1.29 is 19.7 Å². The molecule has 0 unspecified atom stereocenters. The van der Waals surface area contributed by atoms with Crippen molar-refractivity contribution in [2.24, 2.45) is 0 Å². The van der Waals surface area contributed by atoms with Crippen molar-refractivity contribution >= 4 is 35.0 Å². The molecule has 1 aromatic heterocycles. The monoisotopic (exact) mass is 462 g/mol. The van der Waals surface area contributed by atoms with Crippen LogP contribution in [-0.4, -0.2) is 46.5 Å². The molecule has 0 amide bonds. The summed E-state index contributed by atoms with van der Waals surface area (Å²) in [6.45, 7) is 0.567. The molecule has 2 aromatic carbocycles. The summed E-state index contributed by atoms with van der Waals surface area (Å²) in [5.74, 6) is -0.729. The van der Waals surface area contributed by atoms with Crippen LogP contribution in [0.4, 0.5) is 0 Å². The van der Waals surface area contributed by atoms with Gasteiger partial charge in [0.05, 0.1) is 23.3 Å². The standard InChI is InChI=1S/C22H19ClN2O5.ClH/c1-25-5-4-13(15(25)10-26)20-16(27)7-17(28)21-18(29)8-19(30-22(20)21)12-3-2-11(9-24)6-14(12)23;/h2-3,6-8,13,15,26-28H,4-5,10H2,1H3;1H/t13-,15+;/m1./s1. The zero-order valence-electron chi connectivity index (χ0n) is 16.5. The van der Waals surface area contributed by atoms with Gasteiger partial charge in [-0.1, -0.05) is 11.6 Å². The zero-order chi connectivity index (χ0) is 21.6. The molecule has 0 saturated carbocycles. The topological polar surface area (TPSA) is 118 Å². The Morgan fingerprint density at radius 3 is 2.65 bits per heavy atom. The number of aromatic hydroxyl groups is 2. The SMILES string of the molecule is CN1CC[C@@H](c2c(O)cc(O)c3c(=O)cc(-c4ccc(C#N)cc4Cl)oc23)[C@@H]1CO.Cl. The first-order valence-corrected chi connectivity index (χ1v) is 9.77. The molecule has 3 N–H and O–H groups in total. The predicted octanol–water partition coefficient (Wildman–Crippen LogP) is 3.60. The molecule has 0 bridgehead atoms. The van der Waals surface area contributed by atoms with E-state index in [2.05, 4.69) is 0 Å². The number of phenols is 2. The molecule has 0 spiro atoms. The number of nitriles is 1. The van der Waals surface area contributed by atoms with E-state index in [4.69, 9.17) is 21.3 Å². The lowest BCUT2D eigenvalue weighted by atomic mass is 9.89. The highest BCUT2D eigenvalue weighted by molar-refractivity contribution is 6.33. The minimum Gasteiger partial charge on any atom is -0.507 e. The second kappa shape index (κ2) is 8.77. The van der Waals surface area contributed by atoms with Crippen LogP contribution >= 0.6 is 24.0 Å². The maximum atomic E-state index is 12.9. The summed E-state index contributed by atoms with van der Waals surface area (Å²) in [6.07, 6.45) is 0.640. The quantitative estimate of drug-likeness (QED) is 0.543. The molecular weight excluding hydrogens is 443 g/mol. The lowest BCUT2D eigenvalue weighted by molar-refractivity contribution is 0.172. The van der Waals surface area contributed by atoms with Gasteiger partial charge in [-0.05, 0) is 38.2 Å². The summed E-state index contributed by atoms with van der Waals surface area (Å²) in [7, 11) is 1.87. The first-order chi connectivity index (χ1) is 14.3. The molecule has 0 aliphatic carbocycles. The second-order valence-electron chi connectivity index (χ2n) is 7.44. The Morgan fingerprint density at radius 2 is 2.00 bits per heavy atom. The molecule has 1 aliphatic heterocycles. The molecule has 4 rings (SSSR count). The highest BCUT2D eigenvalue weighted by Crippen LogP contribution is 2.44. The van der Waals surface area contributed by atoms with Crippen molar-refractivity contribution in [1.29, 1.82) is 5.26 Å². The van der Waals surface area contributed by atoms with Gasteiger partial charge in [-0.15, -0.1) is 12.4 Å². The van der Waals surface area contributed by atoms with Crippen LogP contribution < -0.4 is 5.43 Å². The highest BCUT2D eigenvalue weighted by Gasteiger charge is 2.36. The third-order valence-corrected chi connectivity index (χ3v) is 6.06. The number of rotatable bonds is 3. The van der Waals surface area contributed by atoms with Crippen LogP contribution in [0.1, 0.15) is 23.5 Å². The fourth-order valence-corrected chi connectivity index (χ4v) is 4.48. The fourth-order valence-electron chi connectivity index (χ4n) is 4.21. The van der Waals surface area contributed by atoms with E-state index in [1.165, 1.54) is 12.1 Å². The third-order valence-electron chi connectivity index (χ3n) is 5.74. The lowest BCUT2D eigenvalue weighted by Gasteiger charge is -2.24. The molecule has 1 fully saturated rings. The van der Waals surface area contributed by atoms with Gasteiger partial charge in [0.25, 0.3) is 0 Å². The molecule has 9 heteroatoms. The number of likely N-dealkylation sites (N-methyl/N-ethyl adjacent to an activating group) is 1. The van der Waals surface area contributed by atoms with E-state index in [1.807, 2.05) is 18.0 Å². The van der Waals surface area contributed by atoms with Crippen molar-refractivity contribution in [3.05, 3.63) is 56.7 Å². The number of aliphatic hydroxyl groups excluding tert-OH is 1. The lowest BCUT2D eigenvalue weighted by Crippen LogP contribution is -2.32. The minimum atomic E-state index is -0.489. The molecule has 7 nitrogen and oxygen atoms in total. The minimum absolute atomic E-state index is 0. The summed E-state index contributed by atoms with van der Waals surface area (Å²) in [5, 5.41) is 40.0. The number of halogens is 2. The molecule has 1 saturated heterocycles. The van der Waals surface area contributed by atoms with Crippen molar-refractivity contribution in [3.63, 3.8) is 0 Å². The third kappa shape index (κ3) is 3.84. The van der Waals surface area contributed by atoms with E-state index in [9.17, 15) is 20.1 Å². The van der Waals surface area contributed by atoms with E-state index in [0.717, 1.165) is 6.07 Å². The van der Waals surface area contributed by atoms with Gasteiger partial charge in [0, 0.05) is 35.2 Å². The van der Waals surface area contributed by atoms with Crippen LogP contribution in [0.15, 0.2) is 39.5 Å². The summed E-state index contributed by atoms with van der Waals surface area (Å²) in [4.78, 5) is 14.8. The predicted molar refractivity (Wildman–Crippen MR) is 119 cm³/mol. The van der Waals surface area contributed by atoms with Crippen LogP contribution in [0.25, 0.3) is 22.3 Å². The number of hydrogen-bond acceptors (Lipinski definition) is 7. The number of aliphatic hydroxyl groups is 1. The van der Waals surface area contributed by atoms with Crippen molar-refractivity contribution in [1.82, 2.24) is 4.90 Å². The fraction of sp³-hybridized carbons (Fsp3) is 0.273. The molecule has 31 heavy (non-hydrogen) atoms. The van der Waals surface area contributed by atoms with E-state index >= 15 is 0 Å². The number of fused-ring (bicyclic) bond motifs is 1. The van der Waals surface area contributed by atoms with Gasteiger partial charge in [0.1, 0.15) is 28.2 Å². The van der Waals surface area contributed by atoms with E-state index in [0.29, 0.717) is 29.7 Å². The van der Waals surface area contributed by atoms with Gasteiger partial charge in [0.15, 0.2) is 5.43 Å². The normalized spacial score (nSPS) is 18.6. The first kappa shape index (κ1) is 22.9. The maximum absolute atomic E-state index is 12.9. The molecule has 2 heterocycles. The number of nitrogens with zero attached hydrogens (tertiary/aromatic N) is 2. The van der Waals surface area contributed by atoms with Crippen LogP contribution in [0.2, 0.25) is 5.02 Å². The smallest absolute Gasteiger partial charge is 0.197 e. The van der Waals surface area contributed by atoms with Crippen molar-refractivity contribution in [3.8, 4) is 28.9 Å². The Hall–Kier alpha value is -2.76. The second-order valence-corrected chi connectivity index (χ2v) is 7.85. The Morgan fingerprint density at radius 1 is 1.26 bits per heavy atom. The van der Waals surface area contributed by atoms with E-state index in [1.54, 1.807) is 12.1 Å². The average molecular weight is 463 g/mol. The van der Waals surface area contributed by atoms with Crippen LogP contribution in [-0.2, 0) is 0 Å². The molecule has 0 radical (unpaired) electrons. The Kier molecular flexibility index (Phi) is 6.48. The van der Waals surface area contributed by atoms with Crippen molar-refractivity contribution in [2.45, 2.75) is 18.4 Å². The maximum Gasteiger partial charge on any atom is 0.197 e.